The van der Waals surface area contributed by atoms with E-state index in [-0.39, 0.29) is 5.56 Å². The predicted octanol–water partition coefficient (Wildman–Crippen LogP) is 2.77. The van der Waals surface area contributed by atoms with Crippen LogP contribution in [0.25, 0.3) is 0 Å². The van der Waals surface area contributed by atoms with E-state index in [1.165, 1.54) is 4.88 Å². The second kappa shape index (κ2) is 6.52. The van der Waals surface area contributed by atoms with Crippen LogP contribution in [-0.4, -0.2) is 33.1 Å². The minimum atomic E-state index is 0.0367. The van der Waals surface area contributed by atoms with Gasteiger partial charge in [-0.05, 0) is 38.0 Å². The molecule has 2 aromatic rings. The minimum Gasteiger partial charge on any atom is -0.343 e. The van der Waals surface area contributed by atoms with Crippen molar-refractivity contribution in [3.8, 4) is 0 Å². The van der Waals surface area contributed by atoms with E-state index in [0.29, 0.717) is 12.6 Å². The third kappa shape index (κ3) is 2.99. The Hall–Kier alpha value is -1.34. The normalized spacial score (nSPS) is 20.4. The third-order valence-corrected chi connectivity index (χ3v) is 7.05. The molecule has 0 saturated carbocycles. The molecule has 1 atom stereocenters. The molecule has 7 heteroatoms. The SMILES string of the molecule is Cc1nc(N2CCCC2Cn2nc3c(cc2=O)CSCC3)sc1C. The van der Waals surface area contributed by atoms with Crippen LogP contribution < -0.4 is 10.5 Å². The van der Waals surface area contributed by atoms with Crippen molar-refractivity contribution in [2.75, 3.05) is 17.2 Å². The van der Waals surface area contributed by atoms with Gasteiger partial charge >= 0.3 is 0 Å². The van der Waals surface area contributed by atoms with Gasteiger partial charge in [-0.1, -0.05) is 0 Å². The summed E-state index contributed by atoms with van der Waals surface area (Å²) in [5.74, 6) is 2.02. The van der Waals surface area contributed by atoms with E-state index in [1.54, 1.807) is 22.1 Å². The fourth-order valence-corrected chi connectivity index (χ4v) is 5.40. The molecule has 5 nitrogen and oxygen atoms in total. The van der Waals surface area contributed by atoms with Crippen molar-refractivity contribution in [3.63, 3.8) is 0 Å². The Kier molecular flexibility index (Phi) is 4.39. The predicted molar refractivity (Wildman–Crippen MR) is 100 cm³/mol. The average molecular weight is 363 g/mol. The zero-order chi connectivity index (χ0) is 16.7. The van der Waals surface area contributed by atoms with Gasteiger partial charge in [0.05, 0.1) is 24.0 Å². The van der Waals surface area contributed by atoms with Gasteiger partial charge in [0.1, 0.15) is 0 Å². The number of thiazole rings is 1. The fraction of sp³-hybridized carbons (Fsp3) is 0.588. The molecule has 0 spiro atoms. The number of aromatic nitrogens is 3. The average Bonchev–Trinajstić information content (AvgIpc) is 3.15. The molecule has 0 amide bonds. The number of nitrogens with zero attached hydrogens (tertiary/aromatic N) is 4. The van der Waals surface area contributed by atoms with Crippen LogP contribution in [-0.2, 0) is 18.7 Å². The molecular formula is C17H22N4OS2. The highest BCUT2D eigenvalue weighted by molar-refractivity contribution is 7.98. The quantitative estimate of drug-likeness (QED) is 0.840. The van der Waals surface area contributed by atoms with E-state index >= 15 is 0 Å². The van der Waals surface area contributed by atoms with Crippen LogP contribution in [0, 0.1) is 13.8 Å². The maximum Gasteiger partial charge on any atom is 0.267 e. The lowest BCUT2D eigenvalue weighted by Gasteiger charge is -2.25. The highest BCUT2D eigenvalue weighted by Gasteiger charge is 2.28. The van der Waals surface area contributed by atoms with Crippen LogP contribution in [0.3, 0.4) is 0 Å². The first-order chi connectivity index (χ1) is 11.6. The number of fused-ring (bicyclic) bond motifs is 1. The number of aryl methyl sites for hydroxylation is 3. The van der Waals surface area contributed by atoms with Gasteiger partial charge in [-0.25, -0.2) is 9.67 Å². The summed E-state index contributed by atoms with van der Waals surface area (Å²) in [5, 5.41) is 5.77. The third-order valence-electron chi connectivity index (χ3n) is 4.93. The Morgan fingerprint density at radius 3 is 3.04 bits per heavy atom. The Morgan fingerprint density at radius 2 is 2.25 bits per heavy atom. The van der Waals surface area contributed by atoms with Gasteiger partial charge in [0.25, 0.3) is 5.56 Å². The van der Waals surface area contributed by atoms with Crippen molar-refractivity contribution in [2.24, 2.45) is 0 Å². The summed E-state index contributed by atoms with van der Waals surface area (Å²) in [6.45, 7) is 5.87. The summed E-state index contributed by atoms with van der Waals surface area (Å²) in [6.07, 6.45) is 3.22. The van der Waals surface area contributed by atoms with Gasteiger partial charge in [0.15, 0.2) is 5.13 Å². The molecule has 4 rings (SSSR count). The maximum absolute atomic E-state index is 12.4. The van der Waals surface area contributed by atoms with Crippen LogP contribution in [0.5, 0.6) is 0 Å². The van der Waals surface area contributed by atoms with Gasteiger partial charge in [-0.2, -0.15) is 16.9 Å². The lowest BCUT2D eigenvalue weighted by Crippen LogP contribution is -2.37. The molecule has 24 heavy (non-hydrogen) atoms. The fourth-order valence-electron chi connectivity index (χ4n) is 3.44. The number of thioether (sulfide) groups is 1. The van der Waals surface area contributed by atoms with Gasteiger partial charge in [0, 0.05) is 29.7 Å². The van der Waals surface area contributed by atoms with Crippen LogP contribution in [0.15, 0.2) is 10.9 Å². The molecule has 0 bridgehead atoms. The lowest BCUT2D eigenvalue weighted by molar-refractivity contribution is 0.481. The molecule has 0 N–H and O–H groups in total. The highest BCUT2D eigenvalue weighted by Crippen LogP contribution is 2.31. The maximum atomic E-state index is 12.4. The van der Waals surface area contributed by atoms with Crippen LogP contribution in [0.2, 0.25) is 0 Å². The first-order valence-electron chi connectivity index (χ1n) is 8.50. The Bertz CT molecular complexity index is 794. The summed E-state index contributed by atoms with van der Waals surface area (Å²) >= 11 is 3.64. The minimum absolute atomic E-state index is 0.0367. The smallest absolute Gasteiger partial charge is 0.267 e. The van der Waals surface area contributed by atoms with Crippen LogP contribution in [0.1, 0.15) is 34.7 Å². The van der Waals surface area contributed by atoms with Crippen molar-refractivity contribution in [1.29, 1.82) is 0 Å². The molecule has 2 aliphatic rings. The van der Waals surface area contributed by atoms with Gasteiger partial charge in [-0.3, -0.25) is 4.79 Å². The molecule has 2 aromatic heterocycles. The highest BCUT2D eigenvalue weighted by atomic mass is 32.2. The molecular weight excluding hydrogens is 340 g/mol. The summed E-state index contributed by atoms with van der Waals surface area (Å²) in [6, 6.07) is 2.11. The largest absolute Gasteiger partial charge is 0.343 e. The van der Waals surface area contributed by atoms with E-state index in [4.69, 9.17) is 4.98 Å². The number of hydrogen-bond donors (Lipinski definition) is 0. The zero-order valence-electron chi connectivity index (χ0n) is 14.1. The van der Waals surface area contributed by atoms with Crippen molar-refractivity contribution in [2.45, 2.75) is 51.4 Å². The summed E-state index contributed by atoms with van der Waals surface area (Å²) in [4.78, 5) is 20.8. The lowest BCUT2D eigenvalue weighted by atomic mass is 10.2. The van der Waals surface area contributed by atoms with E-state index in [9.17, 15) is 4.79 Å². The molecule has 128 valence electrons. The Morgan fingerprint density at radius 1 is 1.38 bits per heavy atom. The second-order valence-corrected chi connectivity index (χ2v) is 8.85. The van der Waals surface area contributed by atoms with Crippen LogP contribution in [0.4, 0.5) is 5.13 Å². The second-order valence-electron chi connectivity index (χ2n) is 6.57. The van der Waals surface area contributed by atoms with E-state index in [0.717, 1.165) is 59.4 Å². The molecule has 1 saturated heterocycles. The van der Waals surface area contributed by atoms with Crippen molar-refractivity contribution < 1.29 is 0 Å². The first-order valence-corrected chi connectivity index (χ1v) is 10.5. The molecule has 4 heterocycles. The Balaban J connectivity index is 1.59. The molecule has 0 aliphatic carbocycles. The van der Waals surface area contributed by atoms with Gasteiger partial charge in [0.2, 0.25) is 0 Å². The topological polar surface area (TPSA) is 51.0 Å². The molecule has 1 unspecified atom stereocenters. The summed E-state index contributed by atoms with van der Waals surface area (Å²) in [5.41, 5.74) is 3.39. The first kappa shape index (κ1) is 16.1. The summed E-state index contributed by atoms with van der Waals surface area (Å²) < 4.78 is 1.69. The number of rotatable bonds is 3. The number of anilines is 1. The molecule has 2 aliphatic heterocycles. The van der Waals surface area contributed by atoms with Crippen LogP contribution >= 0.6 is 23.1 Å². The monoisotopic (exact) mass is 362 g/mol. The van der Waals surface area contributed by atoms with E-state index in [2.05, 4.69) is 23.8 Å². The molecule has 0 aromatic carbocycles. The van der Waals surface area contributed by atoms with Crippen molar-refractivity contribution >= 4 is 28.2 Å². The zero-order valence-corrected chi connectivity index (χ0v) is 15.8. The summed E-state index contributed by atoms with van der Waals surface area (Å²) in [7, 11) is 0. The number of hydrogen-bond acceptors (Lipinski definition) is 6. The van der Waals surface area contributed by atoms with E-state index < -0.39 is 0 Å². The van der Waals surface area contributed by atoms with Gasteiger partial charge in [-0.15, -0.1) is 11.3 Å². The Labute approximate surface area is 150 Å². The van der Waals surface area contributed by atoms with Gasteiger partial charge < -0.3 is 4.90 Å². The molecule has 0 radical (unpaired) electrons. The molecule has 1 fully saturated rings. The standard InChI is InChI=1S/C17H22N4OS2/c1-11-12(2)24-17(18-11)20-6-3-4-14(20)9-21-16(22)8-13-10-23-7-5-15(13)19-21/h8,14H,3-7,9-10H2,1-2H3. The van der Waals surface area contributed by atoms with E-state index in [1.807, 2.05) is 11.8 Å². The van der Waals surface area contributed by atoms with Crippen molar-refractivity contribution in [1.82, 2.24) is 14.8 Å². The van der Waals surface area contributed by atoms with Crippen molar-refractivity contribution in [3.05, 3.63) is 38.2 Å².